The maximum Gasteiger partial charge on any atom is 0.322 e. The summed E-state index contributed by atoms with van der Waals surface area (Å²) in [5.41, 5.74) is -0.630. The van der Waals surface area contributed by atoms with Crippen LogP contribution in [0.5, 0.6) is 0 Å². The summed E-state index contributed by atoms with van der Waals surface area (Å²) in [6.07, 6.45) is 0. The number of nitrogens with one attached hydrogen (secondary N) is 1. The minimum atomic E-state index is -3.78. The van der Waals surface area contributed by atoms with Crippen LogP contribution in [0.2, 0.25) is 0 Å². The van der Waals surface area contributed by atoms with Crippen molar-refractivity contribution in [1.82, 2.24) is 9.03 Å². The van der Waals surface area contributed by atoms with Crippen molar-refractivity contribution in [2.24, 2.45) is 0 Å². The average Bonchev–Trinajstić information content (AvgIpc) is 2.42. The van der Waals surface area contributed by atoms with E-state index in [1.807, 2.05) is 0 Å². The first kappa shape index (κ1) is 14.7. The third-order valence-electron chi connectivity index (χ3n) is 2.16. The summed E-state index contributed by atoms with van der Waals surface area (Å²) in [5, 5.41) is 8.65. The Morgan fingerprint density at radius 1 is 1.47 bits per heavy atom. The number of rotatable bonds is 3. The second-order valence-corrected chi connectivity index (χ2v) is 7.90. The van der Waals surface area contributed by atoms with Crippen LogP contribution in [0.3, 0.4) is 0 Å². The highest BCUT2D eigenvalue weighted by Crippen LogP contribution is 2.31. The molecule has 0 saturated carbocycles. The van der Waals surface area contributed by atoms with E-state index in [-0.39, 0.29) is 11.1 Å². The molecule has 0 amide bonds. The molecule has 0 aromatic carbocycles. The first-order chi connectivity index (χ1) is 7.54. The van der Waals surface area contributed by atoms with E-state index >= 15 is 0 Å². The number of carbonyl (C=O) groups is 1. The number of nitrogens with zero attached hydrogens (tertiary/aromatic N) is 1. The minimum absolute atomic E-state index is 0.279. The number of carboxylic acid groups (broad SMARTS) is 1. The SMILES string of the molecule is CC1SCC(C(=O)O)N1S(=O)(=O)NC(C)(C)C. The van der Waals surface area contributed by atoms with Gasteiger partial charge < -0.3 is 5.11 Å². The fourth-order valence-corrected chi connectivity index (χ4v) is 5.06. The van der Waals surface area contributed by atoms with Gasteiger partial charge in [-0.3, -0.25) is 4.79 Å². The molecular formula is C9H18N2O4S2. The lowest BCUT2D eigenvalue weighted by Crippen LogP contribution is -2.54. The van der Waals surface area contributed by atoms with Crippen LogP contribution in [0.1, 0.15) is 27.7 Å². The Hall–Kier alpha value is -0.310. The van der Waals surface area contributed by atoms with Crippen LogP contribution in [0.15, 0.2) is 0 Å². The molecule has 17 heavy (non-hydrogen) atoms. The molecule has 0 aliphatic carbocycles. The lowest BCUT2D eigenvalue weighted by atomic mass is 10.1. The largest absolute Gasteiger partial charge is 0.480 e. The highest BCUT2D eigenvalue weighted by atomic mass is 32.2. The third kappa shape index (κ3) is 3.57. The number of thioether (sulfide) groups is 1. The van der Waals surface area contributed by atoms with Crippen LogP contribution in [0.25, 0.3) is 0 Å². The van der Waals surface area contributed by atoms with Crippen molar-refractivity contribution in [2.45, 2.75) is 44.6 Å². The Kier molecular flexibility index (Phi) is 4.12. The van der Waals surface area contributed by atoms with Gasteiger partial charge in [0.2, 0.25) is 0 Å². The molecule has 1 saturated heterocycles. The fourth-order valence-electron chi connectivity index (χ4n) is 1.61. The van der Waals surface area contributed by atoms with Crippen LogP contribution in [-0.2, 0) is 15.0 Å². The Balaban J connectivity index is 3.00. The molecule has 0 bridgehead atoms. The van der Waals surface area contributed by atoms with Gasteiger partial charge in [0.25, 0.3) is 10.2 Å². The van der Waals surface area contributed by atoms with Gasteiger partial charge >= 0.3 is 5.97 Å². The average molecular weight is 282 g/mol. The van der Waals surface area contributed by atoms with Crippen LogP contribution in [-0.4, -0.2) is 46.5 Å². The van der Waals surface area contributed by atoms with Gasteiger partial charge in [-0.25, -0.2) is 0 Å². The van der Waals surface area contributed by atoms with Gasteiger partial charge in [0, 0.05) is 11.3 Å². The normalized spacial score (nSPS) is 27.3. The van der Waals surface area contributed by atoms with E-state index in [1.165, 1.54) is 11.8 Å². The maximum atomic E-state index is 12.1. The molecule has 2 N–H and O–H groups in total. The number of carboxylic acids is 1. The van der Waals surface area contributed by atoms with Crippen molar-refractivity contribution >= 4 is 27.9 Å². The molecule has 0 aromatic heterocycles. The van der Waals surface area contributed by atoms with Crippen LogP contribution >= 0.6 is 11.8 Å². The van der Waals surface area contributed by atoms with Crippen LogP contribution in [0.4, 0.5) is 0 Å². The lowest BCUT2D eigenvalue weighted by Gasteiger charge is -2.29. The van der Waals surface area contributed by atoms with E-state index in [4.69, 9.17) is 5.11 Å². The van der Waals surface area contributed by atoms with E-state index < -0.39 is 27.8 Å². The highest BCUT2D eigenvalue weighted by molar-refractivity contribution is 8.01. The molecular weight excluding hydrogens is 264 g/mol. The van der Waals surface area contributed by atoms with E-state index in [0.29, 0.717) is 0 Å². The van der Waals surface area contributed by atoms with Crippen molar-refractivity contribution in [2.75, 3.05) is 5.75 Å². The van der Waals surface area contributed by atoms with Gasteiger partial charge in [0.15, 0.2) is 0 Å². The fraction of sp³-hybridized carbons (Fsp3) is 0.889. The van der Waals surface area contributed by atoms with Crippen LogP contribution < -0.4 is 4.72 Å². The predicted molar refractivity (Wildman–Crippen MR) is 67.0 cm³/mol. The smallest absolute Gasteiger partial charge is 0.322 e. The van der Waals surface area contributed by atoms with Crippen molar-refractivity contribution in [3.8, 4) is 0 Å². The Morgan fingerprint density at radius 2 is 2.00 bits per heavy atom. The van der Waals surface area contributed by atoms with E-state index in [1.54, 1.807) is 27.7 Å². The number of aliphatic carboxylic acids is 1. The molecule has 0 radical (unpaired) electrons. The topological polar surface area (TPSA) is 86.7 Å². The molecule has 2 unspecified atom stereocenters. The van der Waals surface area contributed by atoms with Gasteiger partial charge in [-0.05, 0) is 27.7 Å². The summed E-state index contributed by atoms with van der Waals surface area (Å²) in [5.74, 6) is -0.831. The Bertz CT molecular complexity index is 402. The van der Waals surface area contributed by atoms with Gasteiger partial charge in [0.1, 0.15) is 6.04 Å². The standard InChI is InChI=1S/C9H18N2O4S2/c1-6-11(7(5-16-6)8(12)13)17(14,15)10-9(2,3)4/h6-7,10H,5H2,1-4H3,(H,12,13). The quantitative estimate of drug-likeness (QED) is 0.785. The zero-order chi connectivity index (χ0) is 13.4. The van der Waals surface area contributed by atoms with E-state index in [2.05, 4.69) is 4.72 Å². The van der Waals surface area contributed by atoms with Crippen LogP contribution in [0, 0.1) is 0 Å². The van der Waals surface area contributed by atoms with Gasteiger partial charge in [0.05, 0.1) is 5.37 Å². The van der Waals surface area contributed by atoms with Gasteiger partial charge in [-0.15, -0.1) is 11.8 Å². The Morgan fingerprint density at radius 3 is 2.41 bits per heavy atom. The van der Waals surface area contributed by atoms with E-state index in [0.717, 1.165) is 4.31 Å². The molecule has 1 heterocycles. The summed E-state index contributed by atoms with van der Waals surface area (Å²) < 4.78 is 27.7. The molecule has 0 spiro atoms. The third-order valence-corrected chi connectivity index (χ3v) is 5.51. The van der Waals surface area contributed by atoms with Gasteiger partial charge in [-0.1, -0.05) is 0 Å². The zero-order valence-corrected chi connectivity index (χ0v) is 11.9. The zero-order valence-electron chi connectivity index (χ0n) is 10.3. The Labute approximate surface area is 106 Å². The molecule has 6 nitrogen and oxygen atoms in total. The number of hydrogen-bond acceptors (Lipinski definition) is 4. The molecule has 100 valence electrons. The summed E-state index contributed by atoms with van der Waals surface area (Å²) >= 11 is 1.32. The second-order valence-electron chi connectivity index (χ2n) is 4.97. The molecule has 2 atom stereocenters. The maximum absolute atomic E-state index is 12.1. The summed E-state index contributed by atoms with van der Waals surface area (Å²) in [7, 11) is -3.78. The summed E-state index contributed by atoms with van der Waals surface area (Å²) in [4.78, 5) is 11.0. The lowest BCUT2D eigenvalue weighted by molar-refractivity contribution is -0.140. The van der Waals surface area contributed by atoms with Crippen molar-refractivity contribution in [3.05, 3.63) is 0 Å². The summed E-state index contributed by atoms with van der Waals surface area (Å²) in [6, 6.07) is -0.991. The first-order valence-electron chi connectivity index (χ1n) is 5.21. The highest BCUT2D eigenvalue weighted by Gasteiger charge is 2.44. The molecule has 8 heteroatoms. The van der Waals surface area contributed by atoms with Gasteiger partial charge in [-0.2, -0.15) is 17.4 Å². The van der Waals surface area contributed by atoms with E-state index in [9.17, 15) is 13.2 Å². The van der Waals surface area contributed by atoms with Crippen molar-refractivity contribution in [1.29, 1.82) is 0 Å². The molecule has 1 fully saturated rings. The van der Waals surface area contributed by atoms with Crippen molar-refractivity contribution in [3.63, 3.8) is 0 Å². The predicted octanol–water partition coefficient (Wildman–Crippen LogP) is 0.467. The summed E-state index contributed by atoms with van der Waals surface area (Å²) in [6.45, 7) is 6.84. The first-order valence-corrected chi connectivity index (χ1v) is 7.70. The minimum Gasteiger partial charge on any atom is -0.480 e. The molecule has 1 rings (SSSR count). The monoisotopic (exact) mass is 282 g/mol. The molecule has 0 aromatic rings. The molecule has 1 aliphatic heterocycles. The molecule has 1 aliphatic rings. The van der Waals surface area contributed by atoms with Crippen molar-refractivity contribution < 1.29 is 18.3 Å². The second kappa shape index (κ2) is 4.75. The number of hydrogen-bond donors (Lipinski definition) is 2.